The highest BCUT2D eigenvalue weighted by atomic mass is 15.1. The first-order chi connectivity index (χ1) is 8.77. The molecule has 1 atom stereocenters. The predicted octanol–water partition coefficient (Wildman–Crippen LogP) is 2.31. The number of nitrogens with zero attached hydrogens (tertiary/aromatic N) is 3. The monoisotopic (exact) mass is 244 g/mol. The maximum Gasteiger partial charge on any atom is 0.130 e. The third-order valence-corrected chi connectivity index (χ3v) is 3.11. The first-order valence-electron chi connectivity index (χ1n) is 6.43. The van der Waals surface area contributed by atoms with Crippen LogP contribution >= 0.6 is 0 Å². The van der Waals surface area contributed by atoms with Crippen LogP contribution in [0.15, 0.2) is 30.7 Å². The minimum absolute atomic E-state index is 0.110. The molecule has 2 aromatic rings. The number of nitrogens with one attached hydrogen (secondary N) is 1. The Balaban J connectivity index is 2.43. The third kappa shape index (κ3) is 2.43. The van der Waals surface area contributed by atoms with E-state index in [0.29, 0.717) is 0 Å². The molecule has 1 unspecified atom stereocenters. The van der Waals surface area contributed by atoms with Crippen LogP contribution in [-0.4, -0.2) is 21.1 Å². The zero-order chi connectivity index (χ0) is 13.0. The number of aromatic nitrogens is 3. The van der Waals surface area contributed by atoms with E-state index in [9.17, 15) is 0 Å². The molecule has 0 spiro atoms. The summed E-state index contributed by atoms with van der Waals surface area (Å²) in [6, 6.07) is 4.20. The van der Waals surface area contributed by atoms with E-state index in [4.69, 9.17) is 0 Å². The third-order valence-electron chi connectivity index (χ3n) is 3.11. The first kappa shape index (κ1) is 12.8. The van der Waals surface area contributed by atoms with E-state index >= 15 is 0 Å². The molecule has 0 aromatic carbocycles. The van der Waals surface area contributed by atoms with Gasteiger partial charge in [-0.15, -0.1) is 0 Å². The Morgan fingerprint density at radius 3 is 2.78 bits per heavy atom. The van der Waals surface area contributed by atoms with Crippen molar-refractivity contribution in [3.05, 3.63) is 47.8 Å². The summed E-state index contributed by atoms with van der Waals surface area (Å²) in [6.07, 6.45) is 5.70. The molecule has 0 radical (unpaired) electrons. The Morgan fingerprint density at radius 2 is 2.11 bits per heavy atom. The summed E-state index contributed by atoms with van der Waals surface area (Å²) in [4.78, 5) is 8.87. The SMILES string of the molecule is CCNC(c1cccnc1C)c1nccn1CC. The van der Waals surface area contributed by atoms with Gasteiger partial charge in [-0.05, 0) is 32.0 Å². The second-order valence-corrected chi connectivity index (χ2v) is 4.24. The lowest BCUT2D eigenvalue weighted by Crippen LogP contribution is -2.26. The molecule has 4 heteroatoms. The van der Waals surface area contributed by atoms with E-state index in [1.54, 1.807) is 0 Å². The standard InChI is InChI=1S/C14H20N4/c1-4-15-13(12-7-6-8-16-11(12)3)14-17-9-10-18(14)5-2/h6-10,13,15H,4-5H2,1-3H3. The molecule has 0 saturated heterocycles. The Morgan fingerprint density at radius 1 is 1.28 bits per heavy atom. The van der Waals surface area contributed by atoms with Gasteiger partial charge in [-0.25, -0.2) is 4.98 Å². The predicted molar refractivity (Wildman–Crippen MR) is 72.4 cm³/mol. The van der Waals surface area contributed by atoms with Gasteiger partial charge in [0.25, 0.3) is 0 Å². The number of pyridine rings is 1. The number of aryl methyl sites for hydroxylation is 2. The maximum absolute atomic E-state index is 4.50. The van der Waals surface area contributed by atoms with E-state index in [1.807, 2.05) is 31.6 Å². The summed E-state index contributed by atoms with van der Waals surface area (Å²) in [6.45, 7) is 8.10. The van der Waals surface area contributed by atoms with Crippen LogP contribution in [-0.2, 0) is 6.54 Å². The molecule has 0 aliphatic carbocycles. The van der Waals surface area contributed by atoms with Crippen LogP contribution in [0.3, 0.4) is 0 Å². The van der Waals surface area contributed by atoms with Crippen LogP contribution in [0.1, 0.15) is 37.0 Å². The first-order valence-corrected chi connectivity index (χ1v) is 6.43. The van der Waals surface area contributed by atoms with Gasteiger partial charge in [-0.1, -0.05) is 13.0 Å². The summed E-state index contributed by atoms with van der Waals surface area (Å²) in [5.74, 6) is 1.05. The molecule has 96 valence electrons. The van der Waals surface area contributed by atoms with Crippen LogP contribution in [0.25, 0.3) is 0 Å². The number of imidazole rings is 1. The zero-order valence-electron chi connectivity index (χ0n) is 11.2. The fraction of sp³-hybridized carbons (Fsp3) is 0.429. The van der Waals surface area contributed by atoms with Gasteiger partial charge in [0.1, 0.15) is 5.82 Å². The van der Waals surface area contributed by atoms with Gasteiger partial charge < -0.3 is 9.88 Å². The highest BCUT2D eigenvalue weighted by Crippen LogP contribution is 2.22. The van der Waals surface area contributed by atoms with E-state index in [-0.39, 0.29) is 6.04 Å². The molecule has 0 amide bonds. The van der Waals surface area contributed by atoms with Gasteiger partial charge in [0, 0.05) is 30.8 Å². The maximum atomic E-state index is 4.50. The number of hydrogen-bond acceptors (Lipinski definition) is 3. The Hall–Kier alpha value is -1.68. The molecule has 0 saturated carbocycles. The second-order valence-electron chi connectivity index (χ2n) is 4.24. The molecular weight excluding hydrogens is 224 g/mol. The average Bonchev–Trinajstić information content (AvgIpc) is 2.85. The van der Waals surface area contributed by atoms with Crippen molar-refractivity contribution in [2.75, 3.05) is 6.54 Å². The average molecular weight is 244 g/mol. The van der Waals surface area contributed by atoms with Crippen molar-refractivity contribution in [3.8, 4) is 0 Å². The normalized spacial score (nSPS) is 12.6. The van der Waals surface area contributed by atoms with Gasteiger partial charge in [0.2, 0.25) is 0 Å². The van der Waals surface area contributed by atoms with Gasteiger partial charge in [0.05, 0.1) is 6.04 Å². The molecule has 0 aliphatic rings. The highest BCUT2D eigenvalue weighted by Gasteiger charge is 2.19. The lowest BCUT2D eigenvalue weighted by Gasteiger charge is -2.20. The molecule has 2 heterocycles. The lowest BCUT2D eigenvalue weighted by atomic mass is 10.0. The van der Waals surface area contributed by atoms with Crippen molar-refractivity contribution >= 4 is 0 Å². The summed E-state index contributed by atoms with van der Waals surface area (Å²) in [7, 11) is 0. The van der Waals surface area contributed by atoms with E-state index in [0.717, 1.165) is 24.6 Å². The van der Waals surface area contributed by atoms with Gasteiger partial charge in [-0.3, -0.25) is 4.98 Å². The molecule has 4 nitrogen and oxygen atoms in total. The summed E-state index contributed by atoms with van der Waals surface area (Å²) in [5, 5.41) is 3.49. The minimum atomic E-state index is 0.110. The van der Waals surface area contributed by atoms with Crippen LogP contribution in [0.4, 0.5) is 0 Å². The quantitative estimate of drug-likeness (QED) is 0.877. The number of rotatable bonds is 5. The smallest absolute Gasteiger partial charge is 0.130 e. The van der Waals surface area contributed by atoms with E-state index in [2.05, 4.69) is 39.8 Å². The van der Waals surface area contributed by atoms with E-state index in [1.165, 1.54) is 5.56 Å². The van der Waals surface area contributed by atoms with Gasteiger partial charge in [-0.2, -0.15) is 0 Å². The van der Waals surface area contributed by atoms with Crippen molar-refractivity contribution in [2.24, 2.45) is 0 Å². The van der Waals surface area contributed by atoms with Crippen LogP contribution in [0.5, 0.6) is 0 Å². The second kappa shape index (κ2) is 5.78. The fourth-order valence-electron chi connectivity index (χ4n) is 2.19. The molecule has 18 heavy (non-hydrogen) atoms. The van der Waals surface area contributed by atoms with Crippen LogP contribution in [0.2, 0.25) is 0 Å². The molecular formula is C14H20N4. The van der Waals surface area contributed by atoms with Crippen molar-refractivity contribution in [1.29, 1.82) is 0 Å². The topological polar surface area (TPSA) is 42.7 Å². The Labute approximate surface area is 108 Å². The summed E-state index contributed by atoms with van der Waals surface area (Å²) < 4.78 is 2.17. The Bertz CT molecular complexity index is 504. The van der Waals surface area contributed by atoms with Crippen LogP contribution in [0, 0.1) is 6.92 Å². The van der Waals surface area contributed by atoms with Gasteiger partial charge >= 0.3 is 0 Å². The zero-order valence-corrected chi connectivity index (χ0v) is 11.2. The lowest BCUT2D eigenvalue weighted by molar-refractivity contribution is 0.555. The molecule has 0 aliphatic heterocycles. The van der Waals surface area contributed by atoms with E-state index < -0.39 is 0 Å². The van der Waals surface area contributed by atoms with Gasteiger partial charge in [0.15, 0.2) is 0 Å². The van der Waals surface area contributed by atoms with Crippen molar-refractivity contribution in [3.63, 3.8) is 0 Å². The molecule has 0 bridgehead atoms. The molecule has 2 aromatic heterocycles. The Kier molecular flexibility index (Phi) is 4.10. The molecule has 0 fully saturated rings. The fourth-order valence-corrected chi connectivity index (χ4v) is 2.19. The minimum Gasteiger partial charge on any atom is -0.334 e. The van der Waals surface area contributed by atoms with Crippen molar-refractivity contribution < 1.29 is 0 Å². The summed E-state index contributed by atoms with van der Waals surface area (Å²) >= 11 is 0. The largest absolute Gasteiger partial charge is 0.334 e. The summed E-state index contributed by atoms with van der Waals surface area (Å²) in [5.41, 5.74) is 2.24. The van der Waals surface area contributed by atoms with Crippen molar-refractivity contribution in [2.45, 2.75) is 33.4 Å². The van der Waals surface area contributed by atoms with Crippen LogP contribution < -0.4 is 5.32 Å². The molecule has 2 rings (SSSR count). The highest BCUT2D eigenvalue weighted by molar-refractivity contribution is 5.28. The number of hydrogen-bond donors (Lipinski definition) is 1. The molecule has 1 N–H and O–H groups in total. The van der Waals surface area contributed by atoms with Crippen molar-refractivity contribution in [1.82, 2.24) is 19.9 Å².